The molecule has 0 unspecified atom stereocenters. The van der Waals surface area contributed by atoms with Crippen LogP contribution in [-0.2, 0) is 4.74 Å². The fourth-order valence-electron chi connectivity index (χ4n) is 2.79. The Labute approximate surface area is 150 Å². The summed E-state index contributed by atoms with van der Waals surface area (Å²) in [6, 6.07) is 0. The van der Waals surface area contributed by atoms with Crippen LogP contribution in [0.1, 0.15) is 28.6 Å². The Bertz CT molecular complexity index is 756. The maximum Gasteiger partial charge on any atom is 0.348 e. The lowest BCUT2D eigenvalue weighted by atomic mass is 10.2. The van der Waals surface area contributed by atoms with E-state index in [2.05, 4.69) is 26.8 Å². The number of hydrogen-bond acceptors (Lipinski definition) is 7. The lowest BCUT2D eigenvalue weighted by Gasteiger charge is -2.33. The molecule has 3 rings (SSSR count). The number of nitrogens with zero attached hydrogens (tertiary/aromatic N) is 4. The van der Waals surface area contributed by atoms with Crippen LogP contribution in [-0.4, -0.2) is 60.7 Å². The number of anilines is 1. The normalized spacial score (nSPS) is 15.9. The van der Waals surface area contributed by atoms with Gasteiger partial charge in [0.15, 0.2) is 0 Å². The molecule has 6 nitrogen and oxygen atoms in total. The van der Waals surface area contributed by atoms with Crippen LogP contribution >= 0.6 is 22.9 Å². The minimum absolute atomic E-state index is 0.214. The molecular formula is C16H21ClN4O2S. The average Bonchev–Trinajstić information content (AvgIpc) is 2.89. The first-order chi connectivity index (χ1) is 11.5. The molecule has 0 spiro atoms. The molecule has 2 aromatic heterocycles. The number of carbonyl (C=O) groups excluding carboxylic acids is 1. The molecule has 1 fully saturated rings. The van der Waals surface area contributed by atoms with E-state index in [1.165, 1.54) is 11.3 Å². The molecule has 24 heavy (non-hydrogen) atoms. The summed E-state index contributed by atoms with van der Waals surface area (Å²) in [5.41, 5.74) is 0.877. The molecule has 0 bridgehead atoms. The van der Waals surface area contributed by atoms with Crippen molar-refractivity contribution in [2.75, 3.05) is 44.7 Å². The highest BCUT2D eigenvalue weighted by Crippen LogP contribution is 2.36. The Morgan fingerprint density at radius 3 is 2.67 bits per heavy atom. The van der Waals surface area contributed by atoms with Gasteiger partial charge < -0.3 is 14.5 Å². The van der Waals surface area contributed by atoms with E-state index < -0.39 is 0 Å². The highest BCUT2D eigenvalue weighted by molar-refractivity contribution is 7.20. The zero-order valence-corrected chi connectivity index (χ0v) is 15.7. The van der Waals surface area contributed by atoms with Gasteiger partial charge in [-0.3, -0.25) is 0 Å². The highest BCUT2D eigenvalue weighted by atomic mass is 35.5. The van der Waals surface area contributed by atoms with Gasteiger partial charge in [-0.25, -0.2) is 9.78 Å². The summed E-state index contributed by atoms with van der Waals surface area (Å²) >= 11 is 7.46. The van der Waals surface area contributed by atoms with Gasteiger partial charge in [0.25, 0.3) is 0 Å². The molecule has 0 radical (unpaired) electrons. The second kappa shape index (κ2) is 7.21. The van der Waals surface area contributed by atoms with Gasteiger partial charge in [0.1, 0.15) is 15.5 Å². The number of hydrogen-bond donors (Lipinski definition) is 0. The van der Waals surface area contributed by atoms with Crippen molar-refractivity contribution in [1.82, 2.24) is 14.9 Å². The van der Waals surface area contributed by atoms with E-state index >= 15 is 0 Å². The van der Waals surface area contributed by atoms with Crippen molar-refractivity contribution >= 4 is 44.9 Å². The Hall–Kier alpha value is -1.44. The van der Waals surface area contributed by atoms with Gasteiger partial charge in [-0.1, -0.05) is 6.92 Å². The summed E-state index contributed by atoms with van der Waals surface area (Å²) in [7, 11) is 2.11. The van der Waals surface area contributed by atoms with Gasteiger partial charge in [-0.05, 0) is 37.6 Å². The van der Waals surface area contributed by atoms with Crippen LogP contribution in [0.3, 0.4) is 0 Å². The number of halogens is 1. The van der Waals surface area contributed by atoms with Crippen molar-refractivity contribution < 1.29 is 9.53 Å². The third-order valence-electron chi connectivity index (χ3n) is 4.17. The predicted molar refractivity (Wildman–Crippen MR) is 97.4 cm³/mol. The summed E-state index contributed by atoms with van der Waals surface area (Å²) in [6.07, 6.45) is 0.799. The number of thiophene rings is 1. The summed E-state index contributed by atoms with van der Waals surface area (Å²) in [5, 5.41) is 1.13. The van der Waals surface area contributed by atoms with Crippen LogP contribution in [0.25, 0.3) is 10.2 Å². The molecule has 1 aliphatic heterocycles. The fraction of sp³-hybridized carbons (Fsp3) is 0.562. The van der Waals surface area contributed by atoms with Gasteiger partial charge in [-0.2, -0.15) is 4.98 Å². The lowest BCUT2D eigenvalue weighted by Crippen LogP contribution is -2.45. The van der Waals surface area contributed by atoms with E-state index in [-0.39, 0.29) is 11.3 Å². The predicted octanol–water partition coefficient (Wildman–Crippen LogP) is 2.97. The first-order valence-corrected chi connectivity index (χ1v) is 9.28. The smallest absolute Gasteiger partial charge is 0.348 e. The fourth-order valence-corrected chi connectivity index (χ4v) is 4.08. The monoisotopic (exact) mass is 368 g/mol. The Kier molecular flexibility index (Phi) is 5.22. The molecule has 2 aromatic rings. The van der Waals surface area contributed by atoms with Crippen molar-refractivity contribution in [3.05, 3.63) is 15.7 Å². The molecule has 0 atom stereocenters. The molecule has 1 aliphatic rings. The summed E-state index contributed by atoms with van der Waals surface area (Å²) in [4.78, 5) is 26.9. The van der Waals surface area contributed by atoms with Crippen LogP contribution < -0.4 is 4.90 Å². The first kappa shape index (κ1) is 17.4. The van der Waals surface area contributed by atoms with E-state index in [0.29, 0.717) is 11.5 Å². The second-order valence-corrected chi connectivity index (χ2v) is 7.32. The molecule has 0 saturated carbocycles. The number of aromatic nitrogens is 2. The van der Waals surface area contributed by atoms with Gasteiger partial charge in [-0.15, -0.1) is 11.3 Å². The maximum atomic E-state index is 12.3. The Balaban J connectivity index is 2.03. The van der Waals surface area contributed by atoms with E-state index in [9.17, 15) is 4.79 Å². The molecule has 0 aliphatic carbocycles. The number of likely N-dealkylation sites (N-methyl/N-ethyl adjacent to an activating group) is 1. The highest BCUT2D eigenvalue weighted by Gasteiger charge is 2.25. The molecule has 8 heteroatoms. The third-order valence-corrected chi connectivity index (χ3v) is 5.50. The molecular weight excluding hydrogens is 348 g/mol. The molecule has 3 heterocycles. The average molecular weight is 369 g/mol. The lowest BCUT2D eigenvalue weighted by molar-refractivity contribution is 0.0510. The Morgan fingerprint density at radius 1 is 1.29 bits per heavy atom. The summed E-state index contributed by atoms with van der Waals surface area (Å²) < 4.78 is 5.29. The molecule has 0 aromatic carbocycles. The van der Waals surface area contributed by atoms with E-state index in [4.69, 9.17) is 16.3 Å². The molecule has 0 amide bonds. The van der Waals surface area contributed by atoms with Gasteiger partial charge in [0, 0.05) is 26.2 Å². The number of rotatable bonds is 4. The zero-order valence-electron chi connectivity index (χ0n) is 14.1. The standard InChI is InChI=1S/C16H21ClN4O2S/c1-4-9-23-15(22)12-10(2)11-13(18-16(17)19-14(11)24-12)21-7-5-20(3)6-8-21/h4-9H2,1-3H3. The largest absolute Gasteiger partial charge is 0.462 e. The molecule has 1 saturated heterocycles. The quantitative estimate of drug-likeness (QED) is 0.610. The van der Waals surface area contributed by atoms with Crippen molar-refractivity contribution in [3.63, 3.8) is 0 Å². The van der Waals surface area contributed by atoms with Gasteiger partial charge >= 0.3 is 5.97 Å². The third kappa shape index (κ3) is 3.34. The van der Waals surface area contributed by atoms with Crippen LogP contribution in [0.4, 0.5) is 5.82 Å². The minimum Gasteiger partial charge on any atom is -0.462 e. The van der Waals surface area contributed by atoms with Crippen LogP contribution in [0.15, 0.2) is 0 Å². The number of ether oxygens (including phenoxy) is 1. The SMILES string of the molecule is CCCOC(=O)c1sc2nc(Cl)nc(N3CCN(C)CC3)c2c1C. The van der Waals surface area contributed by atoms with Crippen LogP contribution in [0.2, 0.25) is 5.28 Å². The topological polar surface area (TPSA) is 58.6 Å². The van der Waals surface area contributed by atoms with Gasteiger partial charge in [0.2, 0.25) is 5.28 Å². The van der Waals surface area contributed by atoms with Crippen LogP contribution in [0.5, 0.6) is 0 Å². The van der Waals surface area contributed by atoms with E-state index in [1.54, 1.807) is 0 Å². The first-order valence-electron chi connectivity index (χ1n) is 8.08. The molecule has 0 N–H and O–H groups in total. The van der Waals surface area contributed by atoms with Crippen molar-refractivity contribution in [3.8, 4) is 0 Å². The van der Waals surface area contributed by atoms with Crippen molar-refractivity contribution in [2.24, 2.45) is 0 Å². The second-order valence-electron chi connectivity index (χ2n) is 5.98. The zero-order chi connectivity index (χ0) is 17.3. The van der Waals surface area contributed by atoms with E-state index in [1.807, 2.05) is 13.8 Å². The summed E-state index contributed by atoms with van der Waals surface area (Å²) in [5.74, 6) is 0.527. The maximum absolute atomic E-state index is 12.3. The summed E-state index contributed by atoms with van der Waals surface area (Å²) in [6.45, 7) is 8.02. The van der Waals surface area contributed by atoms with Gasteiger partial charge in [0.05, 0.1) is 12.0 Å². The van der Waals surface area contributed by atoms with Crippen molar-refractivity contribution in [1.29, 1.82) is 0 Å². The number of carbonyl (C=O) groups is 1. The Morgan fingerprint density at radius 2 is 2.00 bits per heavy atom. The number of fused-ring (bicyclic) bond motifs is 1. The number of piperazine rings is 1. The molecule has 130 valence electrons. The van der Waals surface area contributed by atoms with Crippen LogP contribution in [0, 0.1) is 6.92 Å². The van der Waals surface area contributed by atoms with E-state index in [0.717, 1.165) is 54.2 Å². The minimum atomic E-state index is -0.294. The van der Waals surface area contributed by atoms with Crippen molar-refractivity contribution in [2.45, 2.75) is 20.3 Å². The number of aryl methyl sites for hydroxylation is 1. The number of esters is 1.